The summed E-state index contributed by atoms with van der Waals surface area (Å²) < 4.78 is 0. The van der Waals surface area contributed by atoms with E-state index in [0.717, 1.165) is 19.4 Å². The van der Waals surface area contributed by atoms with E-state index in [-0.39, 0.29) is 5.41 Å². The molecular formula is C11H20N2S. The minimum atomic E-state index is 0.177. The first kappa shape index (κ1) is 11.7. The summed E-state index contributed by atoms with van der Waals surface area (Å²) in [4.78, 5) is 6.02. The molecule has 0 aromatic carbocycles. The van der Waals surface area contributed by atoms with Gasteiger partial charge in [0.15, 0.2) is 0 Å². The van der Waals surface area contributed by atoms with Crippen molar-refractivity contribution in [2.45, 2.75) is 46.0 Å². The topological polar surface area (TPSA) is 38.9 Å². The van der Waals surface area contributed by atoms with Gasteiger partial charge in [-0.2, -0.15) is 0 Å². The summed E-state index contributed by atoms with van der Waals surface area (Å²) >= 11 is 1.84. The van der Waals surface area contributed by atoms with E-state index in [4.69, 9.17) is 5.73 Å². The number of hydrogen-bond acceptors (Lipinski definition) is 3. The first-order chi connectivity index (χ1) is 6.45. The monoisotopic (exact) mass is 212 g/mol. The molecule has 0 radical (unpaired) electrons. The number of thiazole rings is 1. The van der Waals surface area contributed by atoms with Crippen molar-refractivity contribution in [3.05, 3.63) is 15.6 Å². The number of nitrogens with two attached hydrogens (primary N) is 1. The van der Waals surface area contributed by atoms with Crippen LogP contribution in [0.4, 0.5) is 0 Å². The standard InChI is InChI=1S/C11H20N2S/c1-8-9(6-5-7-12)14-10(13-8)11(2,3)4/h5-7,12H2,1-4H3. The van der Waals surface area contributed by atoms with E-state index >= 15 is 0 Å². The third kappa shape index (κ3) is 2.79. The van der Waals surface area contributed by atoms with Gasteiger partial charge < -0.3 is 5.73 Å². The molecule has 1 rings (SSSR count). The summed E-state index contributed by atoms with van der Waals surface area (Å²) in [6.07, 6.45) is 2.14. The minimum absolute atomic E-state index is 0.177. The van der Waals surface area contributed by atoms with Crippen molar-refractivity contribution in [2.75, 3.05) is 6.54 Å². The molecule has 0 bridgehead atoms. The number of hydrogen-bond donors (Lipinski definition) is 1. The lowest BCUT2D eigenvalue weighted by Gasteiger charge is -2.13. The van der Waals surface area contributed by atoms with Gasteiger partial charge in [0, 0.05) is 10.3 Å². The predicted molar refractivity (Wildman–Crippen MR) is 62.9 cm³/mol. The van der Waals surface area contributed by atoms with Crippen LogP contribution in [0.25, 0.3) is 0 Å². The third-order valence-corrected chi connectivity index (χ3v) is 3.79. The van der Waals surface area contributed by atoms with Crippen LogP contribution in [0.3, 0.4) is 0 Å². The highest BCUT2D eigenvalue weighted by Crippen LogP contribution is 2.29. The molecule has 0 aliphatic carbocycles. The van der Waals surface area contributed by atoms with Gasteiger partial charge in [0.25, 0.3) is 0 Å². The summed E-state index contributed by atoms with van der Waals surface area (Å²) in [5.74, 6) is 0. The third-order valence-electron chi connectivity index (χ3n) is 2.14. The molecule has 1 aromatic rings. The molecule has 14 heavy (non-hydrogen) atoms. The zero-order chi connectivity index (χ0) is 10.8. The summed E-state index contributed by atoms with van der Waals surface area (Å²) in [7, 11) is 0. The van der Waals surface area contributed by atoms with Crippen LogP contribution in [0.5, 0.6) is 0 Å². The van der Waals surface area contributed by atoms with E-state index in [1.54, 1.807) is 0 Å². The summed E-state index contributed by atoms with van der Waals surface area (Å²) in [6, 6.07) is 0. The molecule has 0 unspecified atom stereocenters. The Morgan fingerprint density at radius 1 is 1.36 bits per heavy atom. The molecule has 80 valence electrons. The second-order valence-corrected chi connectivity index (χ2v) is 5.75. The van der Waals surface area contributed by atoms with Gasteiger partial charge in [-0.3, -0.25) is 0 Å². The van der Waals surface area contributed by atoms with Gasteiger partial charge in [-0.25, -0.2) is 4.98 Å². The maximum atomic E-state index is 5.50. The summed E-state index contributed by atoms with van der Waals surface area (Å²) in [6.45, 7) is 9.48. The van der Waals surface area contributed by atoms with Crippen LogP contribution in [0, 0.1) is 6.92 Å². The van der Waals surface area contributed by atoms with Crippen LogP contribution in [-0.4, -0.2) is 11.5 Å². The van der Waals surface area contributed by atoms with Crippen molar-refractivity contribution >= 4 is 11.3 Å². The summed E-state index contributed by atoms with van der Waals surface area (Å²) in [5, 5.41) is 1.24. The van der Waals surface area contributed by atoms with Crippen LogP contribution < -0.4 is 5.73 Å². The fourth-order valence-electron chi connectivity index (χ4n) is 1.24. The number of aryl methyl sites for hydroxylation is 2. The number of nitrogens with zero attached hydrogens (tertiary/aromatic N) is 1. The Balaban J connectivity index is 2.82. The van der Waals surface area contributed by atoms with Crippen molar-refractivity contribution in [1.29, 1.82) is 0 Å². The van der Waals surface area contributed by atoms with Gasteiger partial charge in [-0.15, -0.1) is 11.3 Å². The Bertz CT molecular complexity index is 297. The minimum Gasteiger partial charge on any atom is -0.330 e. The Morgan fingerprint density at radius 3 is 2.43 bits per heavy atom. The van der Waals surface area contributed by atoms with E-state index in [1.165, 1.54) is 15.6 Å². The molecule has 0 saturated carbocycles. The largest absolute Gasteiger partial charge is 0.330 e. The Labute approximate surface area is 90.6 Å². The first-order valence-corrected chi connectivity index (χ1v) is 5.93. The van der Waals surface area contributed by atoms with Crippen LogP contribution in [0.1, 0.15) is 42.8 Å². The van der Waals surface area contributed by atoms with Crippen LogP contribution >= 0.6 is 11.3 Å². The van der Waals surface area contributed by atoms with Gasteiger partial charge >= 0.3 is 0 Å². The van der Waals surface area contributed by atoms with Gasteiger partial charge in [-0.1, -0.05) is 20.8 Å². The highest BCUT2D eigenvalue weighted by Gasteiger charge is 2.19. The normalized spacial score (nSPS) is 12.1. The zero-order valence-electron chi connectivity index (χ0n) is 9.55. The molecule has 2 nitrogen and oxygen atoms in total. The molecule has 0 aliphatic rings. The predicted octanol–water partition coefficient (Wildman–Crippen LogP) is 2.64. The highest BCUT2D eigenvalue weighted by molar-refractivity contribution is 7.11. The van der Waals surface area contributed by atoms with E-state index < -0.39 is 0 Å². The lowest BCUT2D eigenvalue weighted by Crippen LogP contribution is -2.10. The lowest BCUT2D eigenvalue weighted by molar-refractivity contribution is 0.584. The van der Waals surface area contributed by atoms with Crippen LogP contribution in [-0.2, 0) is 11.8 Å². The van der Waals surface area contributed by atoms with Crippen molar-refractivity contribution in [1.82, 2.24) is 4.98 Å². The van der Waals surface area contributed by atoms with Crippen molar-refractivity contribution < 1.29 is 0 Å². The van der Waals surface area contributed by atoms with Gasteiger partial charge in [-0.05, 0) is 26.3 Å². The second kappa shape index (κ2) is 4.41. The highest BCUT2D eigenvalue weighted by atomic mass is 32.1. The SMILES string of the molecule is Cc1nc(C(C)(C)C)sc1CCCN. The van der Waals surface area contributed by atoms with Crippen molar-refractivity contribution in [2.24, 2.45) is 5.73 Å². The van der Waals surface area contributed by atoms with Gasteiger partial charge in [0.2, 0.25) is 0 Å². The Morgan fingerprint density at radius 2 is 2.00 bits per heavy atom. The van der Waals surface area contributed by atoms with Gasteiger partial charge in [0.05, 0.1) is 10.7 Å². The second-order valence-electron chi connectivity index (χ2n) is 4.67. The molecule has 0 amide bonds. The molecule has 0 atom stereocenters. The fourth-order valence-corrected chi connectivity index (χ4v) is 2.41. The van der Waals surface area contributed by atoms with Gasteiger partial charge in [0.1, 0.15) is 0 Å². The maximum absolute atomic E-state index is 5.50. The van der Waals surface area contributed by atoms with Crippen molar-refractivity contribution in [3.63, 3.8) is 0 Å². The average molecular weight is 212 g/mol. The van der Waals surface area contributed by atoms with Crippen LogP contribution in [0.2, 0.25) is 0 Å². The molecule has 3 heteroatoms. The fraction of sp³-hybridized carbons (Fsp3) is 0.727. The smallest absolute Gasteiger partial charge is 0.0984 e. The molecule has 0 spiro atoms. The van der Waals surface area contributed by atoms with Crippen molar-refractivity contribution in [3.8, 4) is 0 Å². The average Bonchev–Trinajstić information content (AvgIpc) is 2.43. The molecular weight excluding hydrogens is 192 g/mol. The molecule has 0 aliphatic heterocycles. The van der Waals surface area contributed by atoms with Crippen LogP contribution in [0.15, 0.2) is 0 Å². The van der Waals surface area contributed by atoms with E-state index in [1.807, 2.05) is 11.3 Å². The quantitative estimate of drug-likeness (QED) is 0.836. The zero-order valence-corrected chi connectivity index (χ0v) is 10.4. The molecule has 1 heterocycles. The number of rotatable bonds is 3. The summed E-state index contributed by atoms with van der Waals surface area (Å²) in [5.41, 5.74) is 6.87. The van der Waals surface area contributed by atoms with E-state index in [0.29, 0.717) is 0 Å². The molecule has 0 fully saturated rings. The van der Waals surface area contributed by atoms with E-state index in [2.05, 4.69) is 32.7 Å². The number of aromatic nitrogens is 1. The Kier molecular flexibility index (Phi) is 3.67. The lowest BCUT2D eigenvalue weighted by atomic mass is 9.98. The first-order valence-electron chi connectivity index (χ1n) is 5.12. The maximum Gasteiger partial charge on any atom is 0.0984 e. The Hall–Kier alpha value is -0.410. The molecule has 0 saturated heterocycles. The molecule has 1 aromatic heterocycles. The van der Waals surface area contributed by atoms with E-state index in [9.17, 15) is 0 Å². The molecule has 2 N–H and O–H groups in total.